The summed E-state index contributed by atoms with van der Waals surface area (Å²) in [5.74, 6) is 1.61. The number of nitrogen functional groups attached to an aromatic ring is 1. The summed E-state index contributed by atoms with van der Waals surface area (Å²) in [5, 5.41) is 0.233. The number of hydrogen-bond donors (Lipinski definition) is 1. The van der Waals surface area contributed by atoms with Gasteiger partial charge < -0.3 is 5.73 Å². The number of nitrogens with zero attached hydrogens (tertiary/aromatic N) is 1. The lowest BCUT2D eigenvalue weighted by Gasteiger charge is -2.32. The zero-order valence-electron chi connectivity index (χ0n) is 10.9. The highest BCUT2D eigenvalue weighted by Gasteiger charge is 2.32. The number of halogens is 1. The van der Waals surface area contributed by atoms with Crippen molar-refractivity contribution in [2.45, 2.75) is 24.8 Å². The van der Waals surface area contributed by atoms with Gasteiger partial charge >= 0.3 is 0 Å². The Labute approximate surface area is 123 Å². The van der Waals surface area contributed by atoms with Crippen molar-refractivity contribution < 1.29 is 8.42 Å². The topological polar surface area (TPSA) is 63.4 Å². The van der Waals surface area contributed by atoms with Gasteiger partial charge in [-0.2, -0.15) is 16.1 Å². The summed E-state index contributed by atoms with van der Waals surface area (Å²) in [6.07, 6.45) is 0. The van der Waals surface area contributed by atoms with Crippen LogP contribution in [0.3, 0.4) is 0 Å². The van der Waals surface area contributed by atoms with Crippen molar-refractivity contribution in [3.63, 3.8) is 0 Å². The highest BCUT2D eigenvalue weighted by atomic mass is 35.5. The number of nitrogens with two attached hydrogens (primary N) is 1. The third-order valence-corrected chi connectivity index (χ3v) is 6.88. The summed E-state index contributed by atoms with van der Waals surface area (Å²) in [6.45, 7) is 4.23. The Morgan fingerprint density at radius 3 is 2.79 bits per heavy atom. The first-order valence-corrected chi connectivity index (χ1v) is 8.96. The SMILES string of the molecule is Cc1cc(Cl)c(S(=O)(=O)N2CCSCC2C)cc1N. The van der Waals surface area contributed by atoms with Crippen molar-refractivity contribution in [2.24, 2.45) is 0 Å². The highest BCUT2D eigenvalue weighted by molar-refractivity contribution is 7.99. The van der Waals surface area contributed by atoms with E-state index in [0.717, 1.165) is 17.1 Å². The Hall–Kier alpha value is -0.430. The fraction of sp³-hybridized carbons (Fsp3) is 0.500. The Morgan fingerprint density at radius 1 is 1.47 bits per heavy atom. The van der Waals surface area contributed by atoms with Gasteiger partial charge in [0.1, 0.15) is 4.90 Å². The van der Waals surface area contributed by atoms with Crippen LogP contribution in [0.5, 0.6) is 0 Å². The molecule has 0 aliphatic carbocycles. The standard InChI is InChI=1S/C12H17ClN2O2S2/c1-8-5-10(13)12(6-11(8)14)19(16,17)15-3-4-18-7-9(15)2/h5-6,9H,3-4,7,14H2,1-2H3. The molecule has 4 nitrogen and oxygen atoms in total. The van der Waals surface area contributed by atoms with E-state index in [1.165, 1.54) is 10.4 Å². The van der Waals surface area contributed by atoms with Crippen LogP contribution >= 0.6 is 23.4 Å². The predicted molar refractivity (Wildman–Crippen MR) is 81.3 cm³/mol. The second-order valence-corrected chi connectivity index (χ2v) is 8.09. The van der Waals surface area contributed by atoms with Gasteiger partial charge in [-0.1, -0.05) is 11.6 Å². The molecule has 1 saturated heterocycles. The monoisotopic (exact) mass is 320 g/mol. The van der Waals surface area contributed by atoms with E-state index in [-0.39, 0.29) is 16.0 Å². The van der Waals surface area contributed by atoms with Crippen LogP contribution in [0.15, 0.2) is 17.0 Å². The third kappa shape index (κ3) is 2.86. The lowest BCUT2D eigenvalue weighted by molar-refractivity contribution is 0.367. The fourth-order valence-corrected chi connectivity index (χ4v) is 5.51. The Kier molecular flexibility index (Phi) is 4.35. The van der Waals surface area contributed by atoms with E-state index in [2.05, 4.69) is 0 Å². The molecule has 0 bridgehead atoms. The minimum absolute atomic E-state index is 0.0256. The van der Waals surface area contributed by atoms with Gasteiger partial charge in [0.2, 0.25) is 10.0 Å². The summed E-state index contributed by atoms with van der Waals surface area (Å²) in [7, 11) is -3.57. The Morgan fingerprint density at radius 2 is 2.16 bits per heavy atom. The van der Waals surface area contributed by atoms with E-state index >= 15 is 0 Å². The number of anilines is 1. The minimum atomic E-state index is -3.57. The van der Waals surface area contributed by atoms with Gasteiger partial charge in [-0.25, -0.2) is 8.42 Å². The Balaban J connectivity index is 2.47. The quantitative estimate of drug-likeness (QED) is 0.850. The number of benzene rings is 1. The molecule has 1 aromatic rings. The average molecular weight is 321 g/mol. The van der Waals surface area contributed by atoms with Gasteiger partial charge in [-0.3, -0.25) is 0 Å². The maximum absolute atomic E-state index is 12.7. The minimum Gasteiger partial charge on any atom is -0.398 e. The molecule has 0 radical (unpaired) electrons. The molecule has 7 heteroatoms. The molecule has 1 heterocycles. The summed E-state index contributed by atoms with van der Waals surface area (Å²) in [5.41, 5.74) is 7.03. The first-order chi connectivity index (χ1) is 8.84. The number of aryl methyl sites for hydroxylation is 1. The second kappa shape index (κ2) is 5.52. The molecule has 1 atom stereocenters. The number of thioether (sulfide) groups is 1. The number of hydrogen-bond acceptors (Lipinski definition) is 4. The van der Waals surface area contributed by atoms with E-state index in [0.29, 0.717) is 12.2 Å². The molecule has 0 aromatic heterocycles. The maximum Gasteiger partial charge on any atom is 0.244 e. The maximum atomic E-state index is 12.7. The van der Waals surface area contributed by atoms with Crippen LogP contribution in [0.4, 0.5) is 5.69 Å². The Bertz CT molecular complexity index is 590. The lowest BCUT2D eigenvalue weighted by Crippen LogP contribution is -2.44. The van der Waals surface area contributed by atoms with Crippen molar-refractivity contribution in [3.8, 4) is 0 Å². The van der Waals surface area contributed by atoms with Crippen LogP contribution in [0.2, 0.25) is 5.02 Å². The van der Waals surface area contributed by atoms with Crippen LogP contribution in [0, 0.1) is 6.92 Å². The van der Waals surface area contributed by atoms with Crippen molar-refractivity contribution >= 4 is 39.1 Å². The van der Waals surface area contributed by atoms with E-state index in [1.807, 2.05) is 6.92 Å². The summed E-state index contributed by atoms with van der Waals surface area (Å²) in [4.78, 5) is 0.107. The third-order valence-electron chi connectivity index (χ3n) is 3.21. The van der Waals surface area contributed by atoms with Crippen LogP contribution in [0.25, 0.3) is 0 Å². The normalized spacial score (nSPS) is 21.5. The van der Waals surface area contributed by atoms with Gasteiger partial charge in [-0.15, -0.1) is 0 Å². The highest BCUT2D eigenvalue weighted by Crippen LogP contribution is 2.31. The van der Waals surface area contributed by atoms with Gasteiger partial charge in [0, 0.05) is 29.8 Å². The smallest absolute Gasteiger partial charge is 0.244 e. The molecule has 1 aliphatic rings. The number of sulfonamides is 1. The first kappa shape index (κ1) is 15.0. The molecule has 1 fully saturated rings. The molecule has 19 heavy (non-hydrogen) atoms. The van der Waals surface area contributed by atoms with Crippen molar-refractivity contribution in [1.29, 1.82) is 0 Å². The van der Waals surface area contributed by atoms with E-state index in [9.17, 15) is 8.42 Å². The molecule has 106 valence electrons. The predicted octanol–water partition coefficient (Wildman–Crippen LogP) is 2.36. The summed E-state index contributed by atoms with van der Waals surface area (Å²) >= 11 is 7.85. The lowest BCUT2D eigenvalue weighted by atomic mass is 10.2. The van der Waals surface area contributed by atoms with Gasteiger partial charge in [-0.05, 0) is 31.5 Å². The first-order valence-electron chi connectivity index (χ1n) is 5.99. The van der Waals surface area contributed by atoms with E-state index in [1.54, 1.807) is 24.8 Å². The number of rotatable bonds is 2. The molecular formula is C12H17ClN2O2S2. The second-order valence-electron chi connectivity index (χ2n) is 4.68. The van der Waals surface area contributed by atoms with Gasteiger partial charge in [0.15, 0.2) is 0 Å². The summed E-state index contributed by atoms with van der Waals surface area (Å²) in [6, 6.07) is 3.04. The van der Waals surface area contributed by atoms with Crippen LogP contribution in [0.1, 0.15) is 12.5 Å². The molecule has 2 rings (SSSR count). The van der Waals surface area contributed by atoms with E-state index < -0.39 is 10.0 Å². The van der Waals surface area contributed by atoms with E-state index in [4.69, 9.17) is 17.3 Å². The average Bonchev–Trinajstić information content (AvgIpc) is 2.34. The van der Waals surface area contributed by atoms with Crippen LogP contribution in [-0.2, 0) is 10.0 Å². The largest absolute Gasteiger partial charge is 0.398 e. The molecule has 0 saturated carbocycles. The molecule has 1 aromatic carbocycles. The zero-order valence-corrected chi connectivity index (χ0v) is 13.3. The summed E-state index contributed by atoms with van der Waals surface area (Å²) < 4.78 is 26.8. The molecule has 0 spiro atoms. The molecule has 1 aliphatic heterocycles. The van der Waals surface area contributed by atoms with Gasteiger partial charge in [0.25, 0.3) is 0 Å². The molecule has 1 unspecified atom stereocenters. The van der Waals surface area contributed by atoms with Crippen molar-refractivity contribution in [3.05, 3.63) is 22.7 Å². The van der Waals surface area contributed by atoms with Crippen LogP contribution in [-0.4, -0.2) is 36.8 Å². The molecule has 2 N–H and O–H groups in total. The van der Waals surface area contributed by atoms with Crippen molar-refractivity contribution in [1.82, 2.24) is 4.31 Å². The molecular weight excluding hydrogens is 304 g/mol. The van der Waals surface area contributed by atoms with Crippen LogP contribution < -0.4 is 5.73 Å². The molecule has 0 amide bonds. The zero-order chi connectivity index (χ0) is 14.2. The van der Waals surface area contributed by atoms with Gasteiger partial charge in [0.05, 0.1) is 5.02 Å². The van der Waals surface area contributed by atoms with Crippen molar-refractivity contribution in [2.75, 3.05) is 23.8 Å². The fourth-order valence-electron chi connectivity index (χ4n) is 2.06.